The van der Waals surface area contributed by atoms with E-state index in [0.717, 1.165) is 33.9 Å². The summed E-state index contributed by atoms with van der Waals surface area (Å²) in [6.07, 6.45) is 3.54. The van der Waals surface area contributed by atoms with E-state index in [0.29, 0.717) is 21.4 Å². The summed E-state index contributed by atoms with van der Waals surface area (Å²) >= 11 is 12.0. The molecule has 0 radical (unpaired) electrons. The minimum Gasteiger partial charge on any atom is -0.545 e. The van der Waals surface area contributed by atoms with Crippen LogP contribution in [0.15, 0.2) is 134 Å². The molecule has 0 fully saturated rings. The van der Waals surface area contributed by atoms with Crippen molar-refractivity contribution in [2.45, 2.75) is 13.8 Å². The van der Waals surface area contributed by atoms with Gasteiger partial charge >= 0.3 is 19.5 Å². The number of carboxylic acids is 2. The number of hydrogen-bond acceptors (Lipinski definition) is 8. The molecule has 0 unspecified atom stereocenters. The summed E-state index contributed by atoms with van der Waals surface area (Å²) in [7, 11) is 0. The Bertz CT molecular complexity index is 1850. The standard InChI is InChI=1S/2C14H12ClNO2.C10H8N2.Zn/c2*1-9-11(15)6-4-8-12(9)16-13-7-3-2-5-10(13)14(17)18;1-3-7-11-9(5-1)10-6-2-4-8-12-10;/h2*2-8,16H,1H3,(H,17,18);1-8H;/q;;;+2/p-2. The molecule has 2 N–H and O–H groups in total. The van der Waals surface area contributed by atoms with Gasteiger partial charge in [-0.05, 0) is 85.6 Å². The molecule has 2 aromatic heterocycles. The molecule has 49 heavy (non-hydrogen) atoms. The van der Waals surface area contributed by atoms with E-state index in [1.54, 1.807) is 73.1 Å². The molecule has 11 heteroatoms. The molecule has 0 amide bonds. The molecule has 0 spiro atoms. The van der Waals surface area contributed by atoms with E-state index >= 15 is 0 Å². The first-order chi connectivity index (χ1) is 23.2. The van der Waals surface area contributed by atoms with Crippen LogP contribution >= 0.6 is 23.2 Å². The molecular weight excluding hydrogens is 713 g/mol. The second kappa shape index (κ2) is 19.1. The summed E-state index contributed by atoms with van der Waals surface area (Å²) in [5.74, 6) is -2.42. The van der Waals surface area contributed by atoms with E-state index in [2.05, 4.69) is 20.6 Å². The summed E-state index contributed by atoms with van der Waals surface area (Å²) in [6, 6.07) is 35.6. The summed E-state index contributed by atoms with van der Waals surface area (Å²) in [5.41, 5.74) is 6.34. The number of benzene rings is 4. The molecule has 4 aromatic carbocycles. The average Bonchev–Trinajstić information content (AvgIpc) is 3.10. The van der Waals surface area contributed by atoms with Crippen molar-refractivity contribution in [3.8, 4) is 11.4 Å². The minimum atomic E-state index is -1.21. The van der Waals surface area contributed by atoms with Gasteiger partial charge in [0.25, 0.3) is 0 Å². The quantitative estimate of drug-likeness (QED) is 0.160. The van der Waals surface area contributed by atoms with Gasteiger partial charge in [0.2, 0.25) is 0 Å². The van der Waals surface area contributed by atoms with Crippen molar-refractivity contribution in [3.05, 3.63) is 166 Å². The molecule has 8 nitrogen and oxygen atoms in total. The number of carboxylic acid groups (broad SMARTS) is 2. The zero-order valence-corrected chi connectivity index (χ0v) is 31.2. The van der Waals surface area contributed by atoms with Gasteiger partial charge in [0, 0.05) is 56.3 Å². The Morgan fingerprint density at radius 2 is 0.857 bits per heavy atom. The van der Waals surface area contributed by atoms with Crippen LogP contribution in [0.3, 0.4) is 0 Å². The van der Waals surface area contributed by atoms with Crippen LogP contribution in [0.4, 0.5) is 22.7 Å². The number of hydrogen-bond donors (Lipinski definition) is 2. The Balaban J connectivity index is 0.000000201. The number of carbonyl (C=O) groups is 2. The third-order valence-corrected chi connectivity index (χ3v) is 7.78. The van der Waals surface area contributed by atoms with Crippen molar-refractivity contribution in [1.29, 1.82) is 0 Å². The van der Waals surface area contributed by atoms with Gasteiger partial charge in [-0.3, -0.25) is 9.97 Å². The fraction of sp³-hybridized carbons (Fsp3) is 0.0526. The normalized spacial score (nSPS) is 9.80. The first-order valence-electron chi connectivity index (χ1n) is 14.6. The smallest absolute Gasteiger partial charge is 0.545 e. The van der Waals surface area contributed by atoms with Crippen LogP contribution in [0.5, 0.6) is 0 Å². The van der Waals surface area contributed by atoms with Crippen LogP contribution in [0.25, 0.3) is 11.4 Å². The Labute approximate surface area is 307 Å². The number of aromatic nitrogens is 2. The minimum absolute atomic E-state index is 0. The number of pyridine rings is 2. The topological polar surface area (TPSA) is 130 Å². The molecule has 6 aromatic rings. The van der Waals surface area contributed by atoms with E-state index in [1.165, 1.54) is 12.1 Å². The molecule has 6 rings (SSSR count). The molecule has 0 aliphatic carbocycles. The number of carbonyl (C=O) groups excluding carboxylic acids is 2. The maximum absolute atomic E-state index is 11.0. The number of nitrogens with one attached hydrogen (secondary N) is 2. The van der Waals surface area contributed by atoms with Crippen LogP contribution in [-0.2, 0) is 19.5 Å². The summed E-state index contributed by atoms with van der Waals surface area (Å²) < 4.78 is 0. The number of para-hydroxylation sites is 2. The van der Waals surface area contributed by atoms with Crippen LogP contribution in [0, 0.1) is 13.8 Å². The van der Waals surface area contributed by atoms with Gasteiger partial charge in [0.05, 0.1) is 23.3 Å². The summed E-state index contributed by atoms with van der Waals surface area (Å²) in [5, 5.41) is 29.3. The number of rotatable bonds is 7. The summed E-state index contributed by atoms with van der Waals surface area (Å²) in [6.45, 7) is 3.73. The molecule has 242 valence electrons. The van der Waals surface area contributed by atoms with E-state index < -0.39 is 11.9 Å². The molecule has 0 aliphatic rings. The predicted octanol–water partition coefficient (Wildman–Crippen LogP) is 7.65. The second-order valence-corrected chi connectivity index (χ2v) is 11.0. The van der Waals surface area contributed by atoms with Crippen molar-refractivity contribution in [3.63, 3.8) is 0 Å². The van der Waals surface area contributed by atoms with Crippen LogP contribution in [-0.4, -0.2) is 21.9 Å². The van der Waals surface area contributed by atoms with Crippen LogP contribution < -0.4 is 20.8 Å². The van der Waals surface area contributed by atoms with Crippen molar-refractivity contribution in [2.75, 3.05) is 10.6 Å². The SMILES string of the molecule is Cc1c(Cl)cccc1Nc1ccccc1C(=O)[O-].Cc1c(Cl)cccc1Nc1ccccc1C(=O)[O-].[Zn+2].c1ccc(-c2ccccn2)nc1. The fourth-order valence-electron chi connectivity index (χ4n) is 4.34. The van der Waals surface area contributed by atoms with E-state index in [4.69, 9.17) is 23.2 Å². The van der Waals surface area contributed by atoms with Gasteiger partial charge in [0.1, 0.15) is 0 Å². The Morgan fingerprint density at radius 1 is 0.510 bits per heavy atom. The second-order valence-electron chi connectivity index (χ2n) is 10.2. The molecule has 0 aliphatic heterocycles. The van der Waals surface area contributed by atoms with E-state index in [9.17, 15) is 19.8 Å². The molecule has 0 saturated heterocycles. The zero-order valence-electron chi connectivity index (χ0n) is 26.7. The monoisotopic (exact) mass is 740 g/mol. The van der Waals surface area contributed by atoms with Crippen LogP contribution in [0.2, 0.25) is 10.0 Å². The van der Waals surface area contributed by atoms with Crippen LogP contribution in [0.1, 0.15) is 31.8 Å². The van der Waals surface area contributed by atoms with E-state index in [1.807, 2.05) is 62.4 Å². The largest absolute Gasteiger partial charge is 2.00 e. The number of anilines is 4. The number of aromatic carboxylic acids is 2. The van der Waals surface area contributed by atoms with Crippen molar-refractivity contribution in [2.24, 2.45) is 0 Å². The van der Waals surface area contributed by atoms with E-state index in [-0.39, 0.29) is 30.6 Å². The van der Waals surface area contributed by atoms with Gasteiger partial charge in [0.15, 0.2) is 0 Å². The number of halogens is 2. The van der Waals surface area contributed by atoms with Gasteiger partial charge in [-0.15, -0.1) is 0 Å². The van der Waals surface area contributed by atoms with Crippen molar-refractivity contribution >= 4 is 57.9 Å². The third-order valence-electron chi connectivity index (χ3n) is 6.96. The molecular formula is C38H30Cl2N4O4Zn. The Morgan fingerprint density at radius 3 is 1.20 bits per heavy atom. The molecule has 0 saturated carbocycles. The third kappa shape index (κ3) is 11.0. The Hall–Kier alpha value is -5.08. The first-order valence-corrected chi connectivity index (χ1v) is 15.4. The van der Waals surface area contributed by atoms with Crippen molar-refractivity contribution in [1.82, 2.24) is 9.97 Å². The first kappa shape index (κ1) is 38.4. The van der Waals surface area contributed by atoms with Gasteiger partial charge in [-0.2, -0.15) is 0 Å². The van der Waals surface area contributed by atoms with Gasteiger partial charge in [-0.1, -0.05) is 83.9 Å². The molecule has 2 heterocycles. The maximum atomic E-state index is 11.0. The molecule has 0 atom stereocenters. The predicted molar refractivity (Wildman–Crippen MR) is 188 cm³/mol. The average molecular weight is 743 g/mol. The van der Waals surface area contributed by atoms with Gasteiger partial charge < -0.3 is 30.4 Å². The molecule has 0 bridgehead atoms. The maximum Gasteiger partial charge on any atom is 2.00 e. The van der Waals surface area contributed by atoms with Crippen molar-refractivity contribution < 1.29 is 39.3 Å². The Kier molecular flexibility index (Phi) is 14.9. The fourth-order valence-corrected chi connectivity index (χ4v) is 4.69. The number of nitrogens with zero attached hydrogens (tertiary/aromatic N) is 2. The van der Waals surface area contributed by atoms with Gasteiger partial charge in [-0.25, -0.2) is 0 Å². The summed E-state index contributed by atoms with van der Waals surface area (Å²) in [4.78, 5) is 30.3. The zero-order chi connectivity index (χ0) is 34.5.